The van der Waals surface area contributed by atoms with E-state index in [1.807, 2.05) is 6.07 Å². The molecular formula is C14H24N3O+. The van der Waals surface area contributed by atoms with Gasteiger partial charge in [-0.3, -0.25) is 14.4 Å². The van der Waals surface area contributed by atoms with E-state index in [9.17, 15) is 4.79 Å². The molecule has 4 nitrogen and oxygen atoms in total. The minimum absolute atomic E-state index is 0.0759. The van der Waals surface area contributed by atoms with E-state index < -0.39 is 0 Å². The fourth-order valence-electron chi connectivity index (χ4n) is 1.99. The van der Waals surface area contributed by atoms with Crippen molar-refractivity contribution in [3.05, 3.63) is 28.6 Å². The topological polar surface area (TPSA) is 47.9 Å². The van der Waals surface area contributed by atoms with Gasteiger partial charge in [-0.05, 0) is 12.8 Å². The van der Waals surface area contributed by atoms with E-state index in [4.69, 9.17) is 0 Å². The zero-order chi connectivity index (χ0) is 13.4. The van der Waals surface area contributed by atoms with Crippen LogP contribution in [0.4, 0.5) is 5.82 Å². The summed E-state index contributed by atoms with van der Waals surface area (Å²) in [6.07, 6.45) is 3.17. The van der Waals surface area contributed by atoms with E-state index in [1.165, 1.54) is 11.9 Å². The molecule has 100 valence electrons. The van der Waals surface area contributed by atoms with Gasteiger partial charge in [-0.1, -0.05) is 26.8 Å². The number of nitrogens with zero attached hydrogens (tertiary/aromatic N) is 1. The van der Waals surface area contributed by atoms with Crippen molar-refractivity contribution >= 4 is 11.7 Å². The molecule has 18 heavy (non-hydrogen) atoms. The molecule has 0 bridgehead atoms. The second kappa shape index (κ2) is 7.69. The largest absolute Gasteiger partial charge is 0.289 e. The minimum Gasteiger partial charge on any atom is -0.289 e. The van der Waals surface area contributed by atoms with Gasteiger partial charge in [0.25, 0.3) is 11.4 Å². The Kier molecular flexibility index (Phi) is 6.19. The zero-order valence-electron chi connectivity index (χ0n) is 11.6. The molecule has 0 aliphatic rings. The number of aromatic amines is 1. The van der Waals surface area contributed by atoms with E-state index >= 15 is 0 Å². The maximum atomic E-state index is 11.3. The van der Waals surface area contributed by atoms with E-state index in [1.54, 1.807) is 6.07 Å². The first-order valence-corrected chi connectivity index (χ1v) is 6.78. The molecule has 0 aliphatic carbocycles. The molecule has 0 saturated carbocycles. The van der Waals surface area contributed by atoms with Crippen LogP contribution in [0.5, 0.6) is 0 Å². The molecule has 0 amide bonds. The highest BCUT2D eigenvalue weighted by Gasteiger charge is 2.11. The first-order chi connectivity index (χ1) is 8.71. The van der Waals surface area contributed by atoms with Crippen LogP contribution in [-0.2, 0) is 0 Å². The fraction of sp³-hybridized carbons (Fsp3) is 0.571. The Balaban J connectivity index is 2.93. The maximum Gasteiger partial charge on any atom is 0.251 e. The van der Waals surface area contributed by atoms with Gasteiger partial charge in [0.2, 0.25) is 0 Å². The van der Waals surface area contributed by atoms with Crippen LogP contribution in [0.15, 0.2) is 23.0 Å². The van der Waals surface area contributed by atoms with Gasteiger partial charge >= 0.3 is 0 Å². The van der Waals surface area contributed by atoms with E-state index in [-0.39, 0.29) is 5.56 Å². The lowest BCUT2D eigenvalue weighted by molar-refractivity contribution is -0.529. The van der Waals surface area contributed by atoms with Gasteiger partial charge in [0.1, 0.15) is 0 Å². The Morgan fingerprint density at radius 3 is 2.39 bits per heavy atom. The highest BCUT2D eigenvalue weighted by Crippen LogP contribution is 2.01. The third kappa shape index (κ3) is 4.35. The van der Waals surface area contributed by atoms with Crippen LogP contribution in [0, 0.1) is 0 Å². The molecule has 0 saturated heterocycles. The van der Waals surface area contributed by atoms with Crippen LogP contribution < -0.4 is 10.9 Å². The van der Waals surface area contributed by atoms with Crippen molar-refractivity contribution in [2.45, 2.75) is 40.0 Å². The van der Waals surface area contributed by atoms with Crippen LogP contribution in [0.25, 0.3) is 0 Å². The number of rotatable bonds is 6. The van der Waals surface area contributed by atoms with Crippen molar-refractivity contribution in [1.29, 1.82) is 0 Å². The van der Waals surface area contributed by atoms with Gasteiger partial charge in [0, 0.05) is 18.6 Å². The predicted octanol–water partition coefficient (Wildman–Crippen LogP) is 2.43. The van der Waals surface area contributed by atoms with Gasteiger partial charge in [-0.25, -0.2) is 5.32 Å². The number of amidine groups is 1. The molecule has 0 unspecified atom stereocenters. The standard InChI is InChI=1S/C14H23N3O/c1-4-10-17(11-5-2)13(6-3)15-12-8-7-9-14(18)16-12/h7-9H,4-6,10-11H2,1-3H3,(H,16,18)/p+1. The molecule has 1 aromatic heterocycles. The summed E-state index contributed by atoms with van der Waals surface area (Å²) in [5.41, 5.74) is -0.0759. The molecule has 2 N–H and O–H groups in total. The summed E-state index contributed by atoms with van der Waals surface area (Å²) in [7, 11) is 0. The minimum atomic E-state index is -0.0759. The molecule has 0 spiro atoms. The van der Waals surface area contributed by atoms with Gasteiger partial charge in [0.15, 0.2) is 5.82 Å². The summed E-state index contributed by atoms with van der Waals surface area (Å²) in [5, 5.41) is 3.33. The van der Waals surface area contributed by atoms with E-state index in [0.717, 1.165) is 38.2 Å². The SMILES string of the molecule is CCC[N+](CCC)=C(CC)Nc1cccc(=O)[nH]1. The molecule has 0 radical (unpaired) electrons. The summed E-state index contributed by atoms with van der Waals surface area (Å²) in [4.78, 5) is 14.1. The molecule has 0 atom stereocenters. The van der Waals surface area contributed by atoms with Crippen molar-refractivity contribution in [3.63, 3.8) is 0 Å². The van der Waals surface area contributed by atoms with Crippen molar-refractivity contribution in [2.24, 2.45) is 0 Å². The number of H-pyrrole nitrogens is 1. The van der Waals surface area contributed by atoms with Crippen LogP contribution in [-0.4, -0.2) is 28.5 Å². The Hall–Kier alpha value is -1.58. The third-order valence-electron chi connectivity index (χ3n) is 2.75. The molecule has 0 aliphatic heterocycles. The monoisotopic (exact) mass is 250 g/mol. The lowest BCUT2D eigenvalue weighted by atomic mass is 10.3. The number of aromatic nitrogens is 1. The summed E-state index contributed by atoms with van der Waals surface area (Å²) < 4.78 is 2.35. The van der Waals surface area contributed by atoms with E-state index in [2.05, 4.69) is 35.6 Å². The summed E-state index contributed by atoms with van der Waals surface area (Å²) in [5.74, 6) is 1.93. The average Bonchev–Trinajstić information content (AvgIpc) is 2.36. The Morgan fingerprint density at radius 2 is 1.89 bits per heavy atom. The number of hydrogen-bond donors (Lipinski definition) is 2. The van der Waals surface area contributed by atoms with Crippen LogP contribution in [0.2, 0.25) is 0 Å². The summed E-state index contributed by atoms with van der Waals surface area (Å²) in [6.45, 7) is 8.57. The summed E-state index contributed by atoms with van der Waals surface area (Å²) in [6, 6.07) is 5.16. The number of pyridine rings is 1. The quantitative estimate of drug-likeness (QED) is 0.463. The first-order valence-electron chi connectivity index (χ1n) is 6.78. The second-order valence-electron chi connectivity index (χ2n) is 4.34. The zero-order valence-corrected chi connectivity index (χ0v) is 11.6. The Morgan fingerprint density at radius 1 is 1.22 bits per heavy atom. The molecule has 0 fully saturated rings. The maximum absolute atomic E-state index is 11.3. The number of nitrogens with one attached hydrogen (secondary N) is 2. The van der Waals surface area contributed by atoms with Crippen molar-refractivity contribution in [3.8, 4) is 0 Å². The molecule has 1 rings (SSSR count). The van der Waals surface area contributed by atoms with Crippen molar-refractivity contribution < 1.29 is 4.58 Å². The molecule has 4 heteroatoms. The number of anilines is 1. The predicted molar refractivity (Wildman–Crippen MR) is 76.6 cm³/mol. The van der Waals surface area contributed by atoms with E-state index in [0.29, 0.717) is 0 Å². The van der Waals surface area contributed by atoms with Gasteiger partial charge in [-0.15, -0.1) is 0 Å². The van der Waals surface area contributed by atoms with Crippen LogP contribution in [0.1, 0.15) is 40.0 Å². The smallest absolute Gasteiger partial charge is 0.251 e. The first kappa shape index (κ1) is 14.5. The van der Waals surface area contributed by atoms with Gasteiger partial charge < -0.3 is 0 Å². The molecular weight excluding hydrogens is 226 g/mol. The lowest BCUT2D eigenvalue weighted by Gasteiger charge is -2.10. The van der Waals surface area contributed by atoms with Gasteiger partial charge in [0.05, 0.1) is 13.1 Å². The second-order valence-corrected chi connectivity index (χ2v) is 4.34. The number of hydrogen-bond acceptors (Lipinski definition) is 1. The van der Waals surface area contributed by atoms with Crippen molar-refractivity contribution in [1.82, 2.24) is 4.98 Å². The fourth-order valence-corrected chi connectivity index (χ4v) is 1.99. The Labute approximate surface area is 109 Å². The average molecular weight is 250 g/mol. The summed E-state index contributed by atoms with van der Waals surface area (Å²) >= 11 is 0. The van der Waals surface area contributed by atoms with Crippen LogP contribution in [0.3, 0.4) is 0 Å². The highest BCUT2D eigenvalue weighted by molar-refractivity contribution is 5.90. The molecule has 0 aromatic carbocycles. The van der Waals surface area contributed by atoms with Crippen molar-refractivity contribution in [2.75, 3.05) is 18.4 Å². The highest BCUT2D eigenvalue weighted by atomic mass is 16.1. The Bertz CT molecular complexity index is 440. The molecule has 1 aromatic rings. The van der Waals surface area contributed by atoms with Gasteiger partial charge in [-0.2, -0.15) is 0 Å². The van der Waals surface area contributed by atoms with Crippen LogP contribution >= 0.6 is 0 Å². The third-order valence-corrected chi connectivity index (χ3v) is 2.75. The lowest BCUT2D eigenvalue weighted by Crippen LogP contribution is -2.29. The normalized spacial score (nSPS) is 10.2. The molecule has 1 heterocycles.